The number of rotatable bonds is 7. The zero-order chi connectivity index (χ0) is 22.6. The van der Waals surface area contributed by atoms with Crippen molar-refractivity contribution in [2.75, 3.05) is 13.2 Å². The molecule has 0 atom stereocenters. The Bertz CT molecular complexity index is 1100. The summed E-state index contributed by atoms with van der Waals surface area (Å²) < 4.78 is 16.1. The molecule has 3 rings (SSSR count). The summed E-state index contributed by atoms with van der Waals surface area (Å²) in [6, 6.07) is 14.5. The number of fused-ring (bicyclic) bond motifs is 1. The maximum atomic E-state index is 12.6. The van der Waals surface area contributed by atoms with Gasteiger partial charge in [-0.25, -0.2) is 14.6 Å². The molecule has 0 unspecified atom stereocenters. The molecule has 162 valence electrons. The molecule has 2 aromatic carbocycles. The molecule has 31 heavy (non-hydrogen) atoms. The monoisotopic (exact) mass is 421 g/mol. The van der Waals surface area contributed by atoms with Gasteiger partial charge in [0.05, 0.1) is 23.4 Å². The molecule has 0 saturated heterocycles. The predicted octanol–water partition coefficient (Wildman–Crippen LogP) is 5.11. The van der Waals surface area contributed by atoms with Gasteiger partial charge in [0.15, 0.2) is 5.60 Å². The van der Waals surface area contributed by atoms with E-state index in [-0.39, 0.29) is 6.61 Å². The van der Waals surface area contributed by atoms with Crippen LogP contribution in [0.4, 0.5) is 0 Å². The second-order valence-electron chi connectivity index (χ2n) is 7.60. The summed E-state index contributed by atoms with van der Waals surface area (Å²) in [5.74, 6) is -0.520. The standard InChI is InChI=1S/C25H27NO5/c1-6-29-23(27)20-15-19-16(3)9-8-10-21(19)26-22(20)17-11-13-18(14-12-17)31-24(28)25(4,5)30-7-2/h8-15H,6-7H2,1-5H3. The van der Waals surface area contributed by atoms with Crippen molar-refractivity contribution in [1.82, 2.24) is 4.98 Å². The molecule has 0 N–H and O–H groups in total. The van der Waals surface area contributed by atoms with E-state index in [0.717, 1.165) is 22.0 Å². The van der Waals surface area contributed by atoms with E-state index in [1.54, 1.807) is 45.0 Å². The lowest BCUT2D eigenvalue weighted by Crippen LogP contribution is -2.38. The third kappa shape index (κ3) is 4.91. The molecule has 3 aromatic rings. The highest BCUT2D eigenvalue weighted by Crippen LogP contribution is 2.29. The summed E-state index contributed by atoms with van der Waals surface area (Å²) >= 11 is 0. The van der Waals surface area contributed by atoms with E-state index in [9.17, 15) is 9.59 Å². The lowest BCUT2D eigenvalue weighted by Gasteiger charge is -2.22. The highest BCUT2D eigenvalue weighted by molar-refractivity contribution is 6.01. The minimum atomic E-state index is -1.04. The third-order valence-electron chi connectivity index (χ3n) is 4.91. The van der Waals surface area contributed by atoms with Gasteiger partial charge in [-0.05, 0) is 76.6 Å². The number of nitrogens with zero attached hydrogens (tertiary/aromatic N) is 1. The predicted molar refractivity (Wildman–Crippen MR) is 119 cm³/mol. The van der Waals surface area contributed by atoms with Gasteiger partial charge in [-0.1, -0.05) is 12.1 Å². The normalized spacial score (nSPS) is 11.4. The van der Waals surface area contributed by atoms with Crippen LogP contribution in [0.1, 0.15) is 43.6 Å². The molecule has 0 amide bonds. The third-order valence-corrected chi connectivity index (χ3v) is 4.91. The Balaban J connectivity index is 1.98. The SMILES string of the molecule is CCOC(=O)c1cc2c(C)cccc2nc1-c1ccc(OC(=O)C(C)(C)OCC)cc1. The second-order valence-corrected chi connectivity index (χ2v) is 7.60. The van der Waals surface area contributed by atoms with Crippen LogP contribution in [-0.2, 0) is 14.3 Å². The van der Waals surface area contributed by atoms with Crippen LogP contribution in [-0.4, -0.2) is 35.7 Å². The fourth-order valence-electron chi connectivity index (χ4n) is 3.26. The van der Waals surface area contributed by atoms with Crippen LogP contribution < -0.4 is 4.74 Å². The van der Waals surface area contributed by atoms with E-state index in [1.807, 2.05) is 38.1 Å². The number of aromatic nitrogens is 1. The number of carbonyl (C=O) groups is 2. The average Bonchev–Trinajstić information content (AvgIpc) is 2.74. The van der Waals surface area contributed by atoms with Crippen molar-refractivity contribution in [2.45, 2.75) is 40.2 Å². The first kappa shape index (κ1) is 22.4. The van der Waals surface area contributed by atoms with Crippen molar-refractivity contribution in [2.24, 2.45) is 0 Å². The lowest BCUT2D eigenvalue weighted by atomic mass is 10.0. The average molecular weight is 421 g/mol. The van der Waals surface area contributed by atoms with Gasteiger partial charge in [0.2, 0.25) is 0 Å². The Hall–Kier alpha value is -3.25. The molecular formula is C25H27NO5. The molecule has 0 aliphatic carbocycles. The molecule has 0 spiro atoms. The van der Waals surface area contributed by atoms with Crippen molar-refractivity contribution >= 4 is 22.8 Å². The molecule has 1 heterocycles. The minimum absolute atomic E-state index is 0.272. The maximum absolute atomic E-state index is 12.6. The van der Waals surface area contributed by atoms with Gasteiger partial charge in [-0.15, -0.1) is 0 Å². The Kier molecular flexibility index (Phi) is 6.71. The smallest absolute Gasteiger partial charge is 0.343 e. The largest absolute Gasteiger partial charge is 0.462 e. The summed E-state index contributed by atoms with van der Waals surface area (Å²) in [6.45, 7) is 9.58. The van der Waals surface area contributed by atoms with Gasteiger partial charge < -0.3 is 14.2 Å². The Morgan fingerprint density at radius 2 is 1.71 bits per heavy atom. The van der Waals surface area contributed by atoms with Crippen molar-refractivity contribution in [3.63, 3.8) is 0 Å². The van der Waals surface area contributed by atoms with Gasteiger partial charge in [-0.2, -0.15) is 0 Å². The van der Waals surface area contributed by atoms with Crippen molar-refractivity contribution in [3.8, 4) is 17.0 Å². The summed E-state index contributed by atoms with van der Waals surface area (Å²) in [6.07, 6.45) is 0. The summed E-state index contributed by atoms with van der Waals surface area (Å²) in [5, 5.41) is 0.901. The van der Waals surface area contributed by atoms with Crippen LogP contribution in [0.3, 0.4) is 0 Å². The van der Waals surface area contributed by atoms with Crippen LogP contribution in [0.25, 0.3) is 22.2 Å². The zero-order valence-electron chi connectivity index (χ0n) is 18.5. The quantitative estimate of drug-likeness (QED) is 0.390. The number of aryl methyl sites for hydroxylation is 1. The van der Waals surface area contributed by atoms with Gasteiger partial charge >= 0.3 is 11.9 Å². The lowest BCUT2D eigenvalue weighted by molar-refractivity contribution is -0.157. The zero-order valence-corrected chi connectivity index (χ0v) is 18.5. The number of benzene rings is 2. The number of hydrogen-bond donors (Lipinski definition) is 0. The number of esters is 2. The molecule has 1 aromatic heterocycles. The maximum Gasteiger partial charge on any atom is 0.343 e. The first-order valence-corrected chi connectivity index (χ1v) is 10.3. The van der Waals surface area contributed by atoms with Crippen LogP contribution in [0, 0.1) is 6.92 Å². The highest BCUT2D eigenvalue weighted by Gasteiger charge is 2.30. The van der Waals surface area contributed by atoms with Crippen LogP contribution in [0.2, 0.25) is 0 Å². The summed E-state index contributed by atoms with van der Waals surface area (Å²) in [5.41, 5.74) is 2.41. The summed E-state index contributed by atoms with van der Waals surface area (Å²) in [4.78, 5) is 29.7. The van der Waals surface area contributed by atoms with Crippen LogP contribution >= 0.6 is 0 Å². The van der Waals surface area contributed by atoms with Gasteiger partial charge in [0.1, 0.15) is 5.75 Å². The van der Waals surface area contributed by atoms with E-state index in [1.165, 1.54) is 0 Å². The van der Waals surface area contributed by atoms with Crippen LogP contribution in [0.5, 0.6) is 5.75 Å². The van der Waals surface area contributed by atoms with E-state index in [4.69, 9.17) is 19.2 Å². The topological polar surface area (TPSA) is 74.7 Å². The molecule has 0 aliphatic heterocycles. The van der Waals surface area contributed by atoms with E-state index in [0.29, 0.717) is 23.6 Å². The molecule has 6 nitrogen and oxygen atoms in total. The molecule has 6 heteroatoms. The Morgan fingerprint density at radius 1 is 1.00 bits per heavy atom. The van der Waals surface area contributed by atoms with Gasteiger partial charge in [-0.3, -0.25) is 0 Å². The number of ether oxygens (including phenoxy) is 3. The first-order valence-electron chi connectivity index (χ1n) is 10.3. The number of carbonyl (C=O) groups excluding carboxylic acids is 2. The van der Waals surface area contributed by atoms with Crippen molar-refractivity contribution in [1.29, 1.82) is 0 Å². The Labute approximate surface area is 182 Å². The molecule has 0 bridgehead atoms. The fourth-order valence-corrected chi connectivity index (χ4v) is 3.26. The van der Waals surface area contributed by atoms with Crippen LogP contribution in [0.15, 0.2) is 48.5 Å². The first-order chi connectivity index (χ1) is 14.8. The fraction of sp³-hybridized carbons (Fsp3) is 0.320. The molecule has 0 aliphatic rings. The van der Waals surface area contributed by atoms with E-state index in [2.05, 4.69) is 0 Å². The van der Waals surface area contributed by atoms with Crippen molar-refractivity contribution < 1.29 is 23.8 Å². The number of hydrogen-bond acceptors (Lipinski definition) is 6. The van der Waals surface area contributed by atoms with E-state index < -0.39 is 17.5 Å². The van der Waals surface area contributed by atoms with Crippen molar-refractivity contribution in [3.05, 3.63) is 59.7 Å². The van der Waals surface area contributed by atoms with Gasteiger partial charge in [0.25, 0.3) is 0 Å². The molecule has 0 radical (unpaired) electrons. The number of pyridine rings is 1. The second kappa shape index (κ2) is 9.27. The minimum Gasteiger partial charge on any atom is -0.462 e. The van der Waals surface area contributed by atoms with Gasteiger partial charge in [0, 0.05) is 17.6 Å². The summed E-state index contributed by atoms with van der Waals surface area (Å²) in [7, 11) is 0. The highest BCUT2D eigenvalue weighted by atomic mass is 16.6. The molecule has 0 fully saturated rings. The van der Waals surface area contributed by atoms with E-state index >= 15 is 0 Å². The Morgan fingerprint density at radius 3 is 2.35 bits per heavy atom. The molecular weight excluding hydrogens is 394 g/mol. The molecule has 0 saturated carbocycles.